The van der Waals surface area contributed by atoms with Crippen molar-refractivity contribution < 1.29 is 14.3 Å². The Hall–Kier alpha value is -2.29. The largest absolute Gasteiger partial charge is 0.493 e. The van der Waals surface area contributed by atoms with Gasteiger partial charge in [0, 0.05) is 12.0 Å². The third-order valence-corrected chi connectivity index (χ3v) is 3.45. The van der Waals surface area contributed by atoms with Crippen molar-refractivity contribution in [1.29, 1.82) is 0 Å². The molecule has 2 aromatic carbocycles. The molecule has 3 nitrogen and oxygen atoms in total. The highest BCUT2D eigenvalue weighted by Gasteiger charge is 2.18. The predicted octanol–water partition coefficient (Wildman–Crippen LogP) is 3.64. The van der Waals surface area contributed by atoms with E-state index in [1.165, 1.54) is 0 Å². The second-order valence-electron chi connectivity index (χ2n) is 5.41. The molecule has 2 aromatic rings. The molecular weight excluding hydrogens is 264 g/mol. The van der Waals surface area contributed by atoms with Crippen LogP contribution in [0.25, 0.3) is 0 Å². The summed E-state index contributed by atoms with van der Waals surface area (Å²) < 4.78 is 11.2. The van der Waals surface area contributed by atoms with Gasteiger partial charge >= 0.3 is 0 Å². The van der Waals surface area contributed by atoms with Crippen LogP contribution < -0.4 is 9.47 Å². The number of benzene rings is 2. The summed E-state index contributed by atoms with van der Waals surface area (Å²) in [6.45, 7) is 4.60. The van der Waals surface area contributed by atoms with E-state index in [4.69, 9.17) is 9.47 Å². The summed E-state index contributed by atoms with van der Waals surface area (Å²) >= 11 is 0. The quantitative estimate of drug-likeness (QED) is 0.803. The van der Waals surface area contributed by atoms with Gasteiger partial charge in [-0.2, -0.15) is 0 Å². The number of hydrogen-bond acceptors (Lipinski definition) is 3. The summed E-state index contributed by atoms with van der Waals surface area (Å²) in [5.74, 6) is 1.51. The molecule has 0 atom stereocenters. The molecule has 108 valence electrons. The van der Waals surface area contributed by atoms with E-state index in [2.05, 4.69) is 0 Å². The number of rotatable bonds is 4. The minimum atomic E-state index is -0.0130. The molecule has 3 heteroatoms. The van der Waals surface area contributed by atoms with Gasteiger partial charge < -0.3 is 9.47 Å². The zero-order chi connectivity index (χ0) is 14.8. The lowest BCUT2D eigenvalue weighted by Crippen LogP contribution is -2.10. The Bertz CT molecular complexity index is 674. The average Bonchev–Trinajstić information content (AvgIpc) is 2.94. The first-order chi connectivity index (χ1) is 10.1. The molecule has 0 spiro atoms. The molecule has 0 unspecified atom stereocenters. The Balaban J connectivity index is 1.95. The summed E-state index contributed by atoms with van der Waals surface area (Å²) in [5.41, 5.74) is 2.38. The van der Waals surface area contributed by atoms with E-state index in [1.54, 1.807) is 0 Å². The van der Waals surface area contributed by atoms with Crippen molar-refractivity contribution in [3.63, 3.8) is 0 Å². The van der Waals surface area contributed by atoms with Crippen LogP contribution in [0.4, 0.5) is 0 Å². The summed E-state index contributed by atoms with van der Waals surface area (Å²) in [6, 6.07) is 13.0. The highest BCUT2D eigenvalue weighted by atomic mass is 16.5. The molecule has 0 N–H and O–H groups in total. The van der Waals surface area contributed by atoms with Gasteiger partial charge in [0.15, 0.2) is 5.78 Å². The molecular formula is C18H18O3. The van der Waals surface area contributed by atoms with Crippen molar-refractivity contribution in [2.75, 3.05) is 6.61 Å². The standard InChI is InChI=1S/C18H18O3/c1-12(2)21-17-6-4-3-5-15(17)18(19)14-7-8-16-13(11-14)9-10-20-16/h3-8,11-12H,9-10H2,1-2H3. The lowest BCUT2D eigenvalue weighted by atomic mass is 9.99. The van der Waals surface area contributed by atoms with Crippen LogP contribution in [-0.2, 0) is 6.42 Å². The van der Waals surface area contributed by atoms with Crippen LogP contribution in [0.15, 0.2) is 42.5 Å². The monoisotopic (exact) mass is 282 g/mol. The fourth-order valence-electron chi connectivity index (χ4n) is 2.49. The van der Waals surface area contributed by atoms with Crippen molar-refractivity contribution in [3.8, 4) is 11.5 Å². The van der Waals surface area contributed by atoms with E-state index in [9.17, 15) is 4.79 Å². The molecule has 3 rings (SSSR count). The topological polar surface area (TPSA) is 35.5 Å². The van der Waals surface area contributed by atoms with Gasteiger partial charge in [0.1, 0.15) is 11.5 Å². The second kappa shape index (κ2) is 5.60. The zero-order valence-corrected chi connectivity index (χ0v) is 12.3. The van der Waals surface area contributed by atoms with E-state index in [-0.39, 0.29) is 11.9 Å². The Kier molecular flexibility index (Phi) is 3.65. The van der Waals surface area contributed by atoms with Crippen LogP contribution in [0.3, 0.4) is 0 Å². The molecule has 0 saturated carbocycles. The lowest BCUT2D eigenvalue weighted by molar-refractivity contribution is 0.103. The first-order valence-corrected chi connectivity index (χ1v) is 7.21. The summed E-state index contributed by atoms with van der Waals surface area (Å²) in [4.78, 5) is 12.7. The first-order valence-electron chi connectivity index (χ1n) is 7.21. The van der Waals surface area contributed by atoms with E-state index in [0.29, 0.717) is 23.5 Å². The smallest absolute Gasteiger partial charge is 0.196 e. The summed E-state index contributed by atoms with van der Waals surface area (Å²) in [5, 5.41) is 0. The Labute approximate surface area is 124 Å². The number of hydrogen-bond donors (Lipinski definition) is 0. The summed E-state index contributed by atoms with van der Waals surface area (Å²) in [7, 11) is 0. The predicted molar refractivity (Wildman–Crippen MR) is 81.3 cm³/mol. The highest BCUT2D eigenvalue weighted by Crippen LogP contribution is 2.28. The van der Waals surface area contributed by atoms with Gasteiger partial charge in [0.05, 0.1) is 18.3 Å². The van der Waals surface area contributed by atoms with Gasteiger partial charge in [-0.15, -0.1) is 0 Å². The number of para-hydroxylation sites is 1. The molecule has 0 aromatic heterocycles. The maximum atomic E-state index is 12.7. The first kappa shape index (κ1) is 13.7. The molecule has 0 fully saturated rings. The van der Waals surface area contributed by atoms with Crippen LogP contribution >= 0.6 is 0 Å². The third-order valence-electron chi connectivity index (χ3n) is 3.45. The Morgan fingerprint density at radius 1 is 1.19 bits per heavy atom. The molecule has 1 aliphatic heterocycles. The number of carbonyl (C=O) groups excluding carboxylic acids is 1. The van der Waals surface area contributed by atoms with Gasteiger partial charge in [0.25, 0.3) is 0 Å². The van der Waals surface area contributed by atoms with Gasteiger partial charge in [-0.25, -0.2) is 0 Å². The summed E-state index contributed by atoms with van der Waals surface area (Å²) in [6.07, 6.45) is 0.896. The average molecular weight is 282 g/mol. The normalized spacial score (nSPS) is 12.9. The van der Waals surface area contributed by atoms with Crippen molar-refractivity contribution in [2.24, 2.45) is 0 Å². The zero-order valence-electron chi connectivity index (χ0n) is 12.3. The minimum Gasteiger partial charge on any atom is -0.493 e. The fraction of sp³-hybridized carbons (Fsp3) is 0.278. The van der Waals surface area contributed by atoms with E-state index >= 15 is 0 Å². The molecule has 0 saturated heterocycles. The third kappa shape index (κ3) is 2.77. The maximum Gasteiger partial charge on any atom is 0.196 e. The van der Waals surface area contributed by atoms with Crippen molar-refractivity contribution in [3.05, 3.63) is 59.2 Å². The van der Waals surface area contributed by atoms with Crippen molar-refractivity contribution in [2.45, 2.75) is 26.4 Å². The van der Waals surface area contributed by atoms with Crippen LogP contribution in [0.5, 0.6) is 11.5 Å². The van der Waals surface area contributed by atoms with Crippen LogP contribution in [0, 0.1) is 0 Å². The van der Waals surface area contributed by atoms with E-state index in [0.717, 1.165) is 17.7 Å². The van der Waals surface area contributed by atoms with E-state index in [1.807, 2.05) is 56.3 Å². The fourth-order valence-corrected chi connectivity index (χ4v) is 2.49. The number of ketones is 1. The van der Waals surface area contributed by atoms with Crippen molar-refractivity contribution >= 4 is 5.78 Å². The maximum absolute atomic E-state index is 12.7. The molecule has 0 aliphatic carbocycles. The van der Waals surface area contributed by atoms with Gasteiger partial charge in [-0.1, -0.05) is 12.1 Å². The van der Waals surface area contributed by atoms with Crippen molar-refractivity contribution in [1.82, 2.24) is 0 Å². The second-order valence-corrected chi connectivity index (χ2v) is 5.41. The number of fused-ring (bicyclic) bond motifs is 1. The lowest BCUT2D eigenvalue weighted by Gasteiger charge is -2.13. The van der Waals surface area contributed by atoms with Crippen LogP contribution in [0.2, 0.25) is 0 Å². The molecule has 0 amide bonds. The Morgan fingerprint density at radius 3 is 2.81 bits per heavy atom. The number of carbonyl (C=O) groups is 1. The molecule has 1 heterocycles. The molecule has 1 aliphatic rings. The highest BCUT2D eigenvalue weighted by molar-refractivity contribution is 6.10. The van der Waals surface area contributed by atoms with E-state index < -0.39 is 0 Å². The van der Waals surface area contributed by atoms with Crippen LogP contribution in [-0.4, -0.2) is 18.5 Å². The van der Waals surface area contributed by atoms with Gasteiger partial charge in [-0.3, -0.25) is 4.79 Å². The van der Waals surface area contributed by atoms with Gasteiger partial charge in [-0.05, 0) is 49.7 Å². The Morgan fingerprint density at radius 2 is 2.00 bits per heavy atom. The van der Waals surface area contributed by atoms with Crippen LogP contribution in [0.1, 0.15) is 35.3 Å². The molecule has 0 bridgehead atoms. The number of ether oxygens (including phenoxy) is 2. The SMILES string of the molecule is CC(C)Oc1ccccc1C(=O)c1ccc2c(c1)CCO2. The molecule has 0 radical (unpaired) electrons. The van der Waals surface area contributed by atoms with Gasteiger partial charge in [0.2, 0.25) is 0 Å². The molecule has 21 heavy (non-hydrogen) atoms. The minimum absolute atomic E-state index is 0.0130.